The zero-order chi connectivity index (χ0) is 9.61. The fourth-order valence-electron chi connectivity index (χ4n) is 1.00. The van der Waals surface area contributed by atoms with Crippen LogP contribution in [0.5, 0.6) is 0 Å². The van der Waals surface area contributed by atoms with Crippen molar-refractivity contribution in [1.82, 2.24) is 0 Å². The Kier molecular flexibility index (Phi) is 5.38. The molecule has 1 nitrogen and oxygen atoms in total. The van der Waals surface area contributed by atoms with Crippen LogP contribution in [0.2, 0.25) is 0 Å². The van der Waals surface area contributed by atoms with Gasteiger partial charge in [-0.05, 0) is 12.3 Å². The lowest BCUT2D eigenvalue weighted by atomic mass is 10.0. The van der Waals surface area contributed by atoms with Gasteiger partial charge in [0.25, 0.3) is 0 Å². The lowest BCUT2D eigenvalue weighted by molar-refractivity contribution is -0.0190. The summed E-state index contributed by atoms with van der Waals surface area (Å²) in [6.45, 7) is 4.01. The molecule has 0 N–H and O–H groups in total. The Morgan fingerprint density at radius 1 is 1.42 bits per heavy atom. The first-order valence-corrected chi connectivity index (χ1v) is 4.38. The smallest absolute Gasteiger partial charge is 0.247 e. The Bertz CT molecular complexity index is 115. The fourth-order valence-corrected chi connectivity index (χ4v) is 1.00. The molecule has 0 fully saturated rings. The van der Waals surface area contributed by atoms with Gasteiger partial charge in [0.2, 0.25) is 5.92 Å². The first-order chi connectivity index (χ1) is 5.52. The van der Waals surface area contributed by atoms with Crippen molar-refractivity contribution in [3.63, 3.8) is 0 Å². The van der Waals surface area contributed by atoms with Gasteiger partial charge in [-0.1, -0.05) is 13.8 Å². The van der Waals surface area contributed by atoms with Gasteiger partial charge >= 0.3 is 0 Å². The van der Waals surface area contributed by atoms with Crippen molar-refractivity contribution in [3.05, 3.63) is 0 Å². The monoisotopic (exact) mass is 180 g/mol. The van der Waals surface area contributed by atoms with Crippen LogP contribution >= 0.6 is 0 Å². The second-order valence-electron chi connectivity index (χ2n) is 3.31. The van der Waals surface area contributed by atoms with Crippen molar-refractivity contribution >= 4 is 0 Å². The molecule has 0 saturated heterocycles. The van der Waals surface area contributed by atoms with Crippen LogP contribution in [0.4, 0.5) is 8.78 Å². The minimum absolute atomic E-state index is 0.0198. The van der Waals surface area contributed by atoms with Crippen molar-refractivity contribution in [3.8, 4) is 0 Å². The summed E-state index contributed by atoms with van der Waals surface area (Å²) >= 11 is 0. The molecule has 0 aromatic carbocycles. The van der Waals surface area contributed by atoms with Gasteiger partial charge in [0.1, 0.15) is 0 Å². The molecule has 0 spiro atoms. The van der Waals surface area contributed by atoms with Crippen LogP contribution < -0.4 is 0 Å². The summed E-state index contributed by atoms with van der Waals surface area (Å²) in [6.07, 6.45) is 0.454. The van der Waals surface area contributed by atoms with Crippen molar-refractivity contribution in [2.75, 3.05) is 13.7 Å². The normalized spacial score (nSPS) is 14.8. The second kappa shape index (κ2) is 5.46. The number of hydrogen-bond donors (Lipinski definition) is 0. The maximum atomic E-state index is 12.7. The quantitative estimate of drug-likeness (QED) is 0.610. The van der Waals surface area contributed by atoms with Gasteiger partial charge in [-0.25, -0.2) is 8.78 Å². The highest BCUT2D eigenvalue weighted by Gasteiger charge is 2.26. The van der Waals surface area contributed by atoms with Gasteiger partial charge in [0, 0.05) is 26.6 Å². The first kappa shape index (κ1) is 11.8. The zero-order valence-corrected chi connectivity index (χ0v) is 8.07. The van der Waals surface area contributed by atoms with Crippen molar-refractivity contribution in [1.29, 1.82) is 0 Å². The topological polar surface area (TPSA) is 9.23 Å². The van der Waals surface area contributed by atoms with E-state index in [0.717, 1.165) is 0 Å². The number of methoxy groups -OCH3 is 1. The molecule has 0 aromatic rings. The molecule has 12 heavy (non-hydrogen) atoms. The highest BCUT2D eigenvalue weighted by molar-refractivity contribution is 4.65. The summed E-state index contributed by atoms with van der Waals surface area (Å²) < 4.78 is 30.3. The maximum Gasteiger partial charge on any atom is 0.247 e. The van der Waals surface area contributed by atoms with Crippen molar-refractivity contribution in [2.45, 2.75) is 39.0 Å². The molecule has 74 valence electrons. The molecule has 0 aliphatic carbocycles. The van der Waals surface area contributed by atoms with E-state index in [4.69, 9.17) is 4.74 Å². The molecule has 0 saturated carbocycles. The summed E-state index contributed by atoms with van der Waals surface area (Å²) in [5.41, 5.74) is 0. The van der Waals surface area contributed by atoms with Gasteiger partial charge in [0.05, 0.1) is 0 Å². The van der Waals surface area contributed by atoms with Gasteiger partial charge < -0.3 is 4.74 Å². The van der Waals surface area contributed by atoms with Gasteiger partial charge in [0.15, 0.2) is 0 Å². The van der Waals surface area contributed by atoms with E-state index in [0.29, 0.717) is 13.0 Å². The molecular weight excluding hydrogens is 162 g/mol. The highest BCUT2D eigenvalue weighted by Crippen LogP contribution is 2.25. The molecule has 1 atom stereocenters. The standard InChI is InChI=1S/C9H18F2O/c1-4-9(10,11)6-5-8(2)7-12-3/h8H,4-7H2,1-3H3. The van der Waals surface area contributed by atoms with Crippen LogP contribution in [0.1, 0.15) is 33.1 Å². The Balaban J connectivity index is 3.52. The molecule has 0 aliphatic heterocycles. The predicted molar refractivity (Wildman–Crippen MR) is 45.5 cm³/mol. The van der Waals surface area contributed by atoms with E-state index in [9.17, 15) is 8.78 Å². The minimum atomic E-state index is -2.48. The molecule has 0 amide bonds. The summed E-state index contributed by atoms with van der Waals surface area (Å²) in [7, 11) is 1.59. The Morgan fingerprint density at radius 2 is 2.00 bits per heavy atom. The molecule has 0 aromatic heterocycles. The number of rotatable bonds is 6. The second-order valence-corrected chi connectivity index (χ2v) is 3.31. The van der Waals surface area contributed by atoms with E-state index >= 15 is 0 Å². The largest absolute Gasteiger partial charge is 0.384 e. The third-order valence-corrected chi connectivity index (χ3v) is 1.97. The molecule has 0 aliphatic rings. The van der Waals surface area contributed by atoms with E-state index in [-0.39, 0.29) is 18.8 Å². The predicted octanol–water partition coefficient (Wildman–Crippen LogP) is 3.09. The van der Waals surface area contributed by atoms with Crippen LogP contribution in [0, 0.1) is 5.92 Å². The molecular formula is C9H18F2O. The van der Waals surface area contributed by atoms with Crippen LogP contribution in [0.25, 0.3) is 0 Å². The lowest BCUT2D eigenvalue weighted by Gasteiger charge is -2.16. The van der Waals surface area contributed by atoms with Crippen LogP contribution in [0.3, 0.4) is 0 Å². The fraction of sp³-hybridized carbons (Fsp3) is 1.00. The summed E-state index contributed by atoms with van der Waals surface area (Å²) in [5.74, 6) is -2.26. The molecule has 3 heteroatoms. The third-order valence-electron chi connectivity index (χ3n) is 1.97. The van der Waals surface area contributed by atoms with E-state index in [1.54, 1.807) is 7.11 Å². The highest BCUT2D eigenvalue weighted by atomic mass is 19.3. The lowest BCUT2D eigenvalue weighted by Crippen LogP contribution is -2.16. The maximum absolute atomic E-state index is 12.7. The Labute approximate surface area is 73.1 Å². The van der Waals surface area contributed by atoms with Crippen molar-refractivity contribution in [2.24, 2.45) is 5.92 Å². The van der Waals surface area contributed by atoms with Crippen LogP contribution in [-0.4, -0.2) is 19.6 Å². The third kappa shape index (κ3) is 5.47. The molecule has 0 heterocycles. The van der Waals surface area contributed by atoms with E-state index < -0.39 is 5.92 Å². The average Bonchev–Trinajstić information content (AvgIpc) is 2.02. The first-order valence-electron chi connectivity index (χ1n) is 4.38. The molecule has 0 bridgehead atoms. The van der Waals surface area contributed by atoms with E-state index in [2.05, 4.69) is 0 Å². The van der Waals surface area contributed by atoms with E-state index in [1.165, 1.54) is 6.92 Å². The van der Waals surface area contributed by atoms with Crippen LogP contribution in [0.15, 0.2) is 0 Å². The van der Waals surface area contributed by atoms with Crippen LogP contribution in [-0.2, 0) is 4.74 Å². The Morgan fingerprint density at radius 3 is 2.42 bits per heavy atom. The average molecular weight is 180 g/mol. The summed E-state index contributed by atoms with van der Waals surface area (Å²) in [4.78, 5) is 0. The minimum Gasteiger partial charge on any atom is -0.384 e. The van der Waals surface area contributed by atoms with Gasteiger partial charge in [-0.2, -0.15) is 0 Å². The number of hydrogen-bond acceptors (Lipinski definition) is 1. The van der Waals surface area contributed by atoms with Crippen molar-refractivity contribution < 1.29 is 13.5 Å². The number of alkyl halides is 2. The zero-order valence-electron chi connectivity index (χ0n) is 8.07. The summed E-state index contributed by atoms with van der Waals surface area (Å²) in [6, 6.07) is 0. The molecule has 1 unspecified atom stereocenters. The van der Waals surface area contributed by atoms with Gasteiger partial charge in [-0.15, -0.1) is 0 Å². The number of halogens is 2. The SMILES string of the molecule is CCC(F)(F)CCC(C)COC. The Hall–Kier alpha value is -0.180. The van der Waals surface area contributed by atoms with Gasteiger partial charge in [-0.3, -0.25) is 0 Å². The molecule has 0 rings (SSSR count). The summed E-state index contributed by atoms with van der Waals surface area (Å²) in [5, 5.41) is 0. The van der Waals surface area contributed by atoms with E-state index in [1.807, 2.05) is 6.92 Å². The molecule has 0 radical (unpaired) electrons. The number of ether oxygens (including phenoxy) is 1.